The zero-order chi connectivity index (χ0) is 12.7. The Kier molecular flexibility index (Phi) is 6.16. The van der Waals surface area contributed by atoms with Gasteiger partial charge in [0.15, 0.2) is 0 Å². The highest BCUT2D eigenvalue weighted by atomic mass is 19.1. The maximum absolute atomic E-state index is 13.4. The molecule has 0 heterocycles. The van der Waals surface area contributed by atoms with Gasteiger partial charge in [-0.15, -0.1) is 0 Å². The summed E-state index contributed by atoms with van der Waals surface area (Å²) in [4.78, 5) is 0. The third kappa shape index (κ3) is 4.84. The second-order valence-electron chi connectivity index (χ2n) is 4.42. The van der Waals surface area contributed by atoms with E-state index in [1.54, 1.807) is 7.11 Å². The van der Waals surface area contributed by atoms with Crippen LogP contribution in [0, 0.1) is 19.7 Å². The van der Waals surface area contributed by atoms with Crippen LogP contribution in [0.1, 0.15) is 29.5 Å². The highest BCUT2D eigenvalue weighted by Gasteiger charge is 2.03. The fourth-order valence-electron chi connectivity index (χ4n) is 1.87. The smallest absolute Gasteiger partial charge is 0.129 e. The van der Waals surface area contributed by atoms with E-state index in [1.807, 2.05) is 26.0 Å². The number of hydrogen-bond donors (Lipinski definition) is 1. The molecule has 1 aromatic rings. The Balaban J connectivity index is 2.32. The molecule has 0 atom stereocenters. The van der Waals surface area contributed by atoms with E-state index in [9.17, 15) is 4.39 Å². The summed E-state index contributed by atoms with van der Waals surface area (Å²) >= 11 is 0. The van der Waals surface area contributed by atoms with Gasteiger partial charge in [-0.2, -0.15) is 0 Å². The Morgan fingerprint density at radius 2 is 1.82 bits per heavy atom. The number of nitrogens with one attached hydrogen (secondary N) is 1. The molecule has 2 nitrogen and oxygen atoms in total. The van der Waals surface area contributed by atoms with E-state index < -0.39 is 0 Å². The van der Waals surface area contributed by atoms with Gasteiger partial charge in [-0.3, -0.25) is 0 Å². The molecule has 0 spiro atoms. The van der Waals surface area contributed by atoms with Crippen LogP contribution in [0.3, 0.4) is 0 Å². The lowest BCUT2D eigenvalue weighted by Crippen LogP contribution is -2.15. The van der Waals surface area contributed by atoms with Crippen LogP contribution in [0.25, 0.3) is 0 Å². The number of unbranched alkanes of at least 4 members (excludes halogenated alkanes) is 1. The minimum atomic E-state index is -0.0890. The molecule has 0 aliphatic rings. The SMILES string of the molecule is COCCCCNCc1cc(C)c(F)c(C)c1. The molecule has 0 fully saturated rings. The molecule has 17 heavy (non-hydrogen) atoms. The van der Waals surface area contributed by atoms with Crippen LogP contribution in [0.4, 0.5) is 4.39 Å². The first-order valence-electron chi connectivity index (χ1n) is 6.10. The van der Waals surface area contributed by atoms with Gasteiger partial charge in [0.2, 0.25) is 0 Å². The zero-order valence-electron chi connectivity index (χ0n) is 11.0. The molecule has 0 saturated carbocycles. The van der Waals surface area contributed by atoms with Crippen LogP contribution in [-0.4, -0.2) is 20.3 Å². The van der Waals surface area contributed by atoms with Crippen molar-refractivity contribution in [2.24, 2.45) is 0 Å². The first-order valence-corrected chi connectivity index (χ1v) is 6.10. The topological polar surface area (TPSA) is 21.3 Å². The van der Waals surface area contributed by atoms with E-state index in [4.69, 9.17) is 4.74 Å². The van der Waals surface area contributed by atoms with Crippen LogP contribution >= 0.6 is 0 Å². The average molecular weight is 239 g/mol. The molecule has 0 aliphatic heterocycles. The summed E-state index contributed by atoms with van der Waals surface area (Å²) in [7, 11) is 1.72. The van der Waals surface area contributed by atoms with Crippen LogP contribution in [0.5, 0.6) is 0 Å². The van der Waals surface area contributed by atoms with E-state index in [-0.39, 0.29) is 5.82 Å². The van der Waals surface area contributed by atoms with Crippen molar-refractivity contribution >= 4 is 0 Å². The van der Waals surface area contributed by atoms with Crippen LogP contribution in [-0.2, 0) is 11.3 Å². The first kappa shape index (κ1) is 14.1. The Hall–Kier alpha value is -0.930. The second-order valence-corrected chi connectivity index (χ2v) is 4.42. The zero-order valence-corrected chi connectivity index (χ0v) is 11.0. The molecule has 96 valence electrons. The maximum Gasteiger partial charge on any atom is 0.129 e. The molecule has 1 aromatic carbocycles. The molecular weight excluding hydrogens is 217 g/mol. The van der Waals surface area contributed by atoms with E-state index in [0.29, 0.717) is 0 Å². The summed E-state index contributed by atoms with van der Waals surface area (Å²) in [6, 6.07) is 3.81. The van der Waals surface area contributed by atoms with Gasteiger partial charge in [0, 0.05) is 20.3 Å². The van der Waals surface area contributed by atoms with Crippen molar-refractivity contribution in [2.75, 3.05) is 20.3 Å². The molecule has 0 aliphatic carbocycles. The van der Waals surface area contributed by atoms with Gasteiger partial charge in [-0.25, -0.2) is 4.39 Å². The van der Waals surface area contributed by atoms with Crippen molar-refractivity contribution in [2.45, 2.75) is 33.2 Å². The quantitative estimate of drug-likeness (QED) is 0.739. The van der Waals surface area contributed by atoms with Gasteiger partial charge in [0.25, 0.3) is 0 Å². The molecule has 3 heteroatoms. The van der Waals surface area contributed by atoms with Crippen molar-refractivity contribution in [1.82, 2.24) is 5.32 Å². The summed E-state index contributed by atoms with van der Waals surface area (Å²) in [5.74, 6) is -0.0890. The number of halogens is 1. The number of rotatable bonds is 7. The Bertz CT molecular complexity index is 329. The van der Waals surface area contributed by atoms with Crippen molar-refractivity contribution in [3.63, 3.8) is 0 Å². The molecule has 0 radical (unpaired) electrons. The molecule has 0 amide bonds. The van der Waals surface area contributed by atoms with E-state index in [0.717, 1.165) is 49.2 Å². The predicted molar refractivity (Wildman–Crippen MR) is 68.7 cm³/mol. The van der Waals surface area contributed by atoms with E-state index in [2.05, 4.69) is 5.32 Å². The second kappa shape index (κ2) is 7.41. The summed E-state index contributed by atoms with van der Waals surface area (Å²) in [5, 5.41) is 3.36. The number of hydrogen-bond acceptors (Lipinski definition) is 2. The monoisotopic (exact) mass is 239 g/mol. The number of benzene rings is 1. The molecule has 0 aromatic heterocycles. The first-order chi connectivity index (χ1) is 8.15. The third-order valence-electron chi connectivity index (χ3n) is 2.78. The molecular formula is C14H22FNO. The number of aryl methyl sites for hydroxylation is 2. The van der Waals surface area contributed by atoms with Crippen LogP contribution < -0.4 is 5.32 Å². The number of ether oxygens (including phenoxy) is 1. The largest absolute Gasteiger partial charge is 0.385 e. The van der Waals surface area contributed by atoms with Gasteiger partial charge in [0.1, 0.15) is 5.82 Å². The van der Waals surface area contributed by atoms with Gasteiger partial charge >= 0.3 is 0 Å². The minimum Gasteiger partial charge on any atom is -0.385 e. The molecule has 0 saturated heterocycles. The minimum absolute atomic E-state index is 0.0890. The Labute approximate surface area is 103 Å². The predicted octanol–water partition coefficient (Wildman–Crippen LogP) is 2.96. The summed E-state index contributed by atoms with van der Waals surface area (Å²) in [6.07, 6.45) is 2.18. The fourth-order valence-corrected chi connectivity index (χ4v) is 1.87. The van der Waals surface area contributed by atoms with Crippen LogP contribution in [0.15, 0.2) is 12.1 Å². The molecule has 1 rings (SSSR count). The average Bonchev–Trinajstić information content (AvgIpc) is 2.30. The van der Waals surface area contributed by atoms with Crippen LogP contribution in [0.2, 0.25) is 0 Å². The van der Waals surface area contributed by atoms with Crippen molar-refractivity contribution in [3.8, 4) is 0 Å². The lowest BCUT2D eigenvalue weighted by Gasteiger charge is -2.08. The summed E-state index contributed by atoms with van der Waals surface area (Å²) in [5.41, 5.74) is 2.59. The standard InChI is InChI=1S/C14H22FNO/c1-11-8-13(9-12(2)14(11)15)10-16-6-4-5-7-17-3/h8-9,16H,4-7,10H2,1-3H3. The van der Waals surface area contributed by atoms with Crippen molar-refractivity contribution in [3.05, 3.63) is 34.6 Å². The highest BCUT2D eigenvalue weighted by Crippen LogP contribution is 2.14. The lowest BCUT2D eigenvalue weighted by molar-refractivity contribution is 0.192. The van der Waals surface area contributed by atoms with E-state index >= 15 is 0 Å². The number of methoxy groups -OCH3 is 1. The molecule has 0 bridgehead atoms. The highest BCUT2D eigenvalue weighted by molar-refractivity contribution is 5.30. The van der Waals surface area contributed by atoms with Gasteiger partial charge in [-0.05, 0) is 49.9 Å². The maximum atomic E-state index is 13.4. The van der Waals surface area contributed by atoms with Crippen molar-refractivity contribution in [1.29, 1.82) is 0 Å². The fraction of sp³-hybridized carbons (Fsp3) is 0.571. The lowest BCUT2D eigenvalue weighted by atomic mass is 10.1. The van der Waals surface area contributed by atoms with Crippen molar-refractivity contribution < 1.29 is 9.13 Å². The van der Waals surface area contributed by atoms with E-state index in [1.165, 1.54) is 0 Å². The molecule has 1 N–H and O–H groups in total. The van der Waals surface area contributed by atoms with Gasteiger partial charge < -0.3 is 10.1 Å². The van der Waals surface area contributed by atoms with Gasteiger partial charge in [0.05, 0.1) is 0 Å². The Morgan fingerprint density at radius 3 is 2.41 bits per heavy atom. The summed E-state index contributed by atoms with van der Waals surface area (Å²) < 4.78 is 18.4. The van der Waals surface area contributed by atoms with Gasteiger partial charge in [-0.1, -0.05) is 12.1 Å². The summed E-state index contributed by atoms with van der Waals surface area (Å²) in [6.45, 7) is 6.21. The third-order valence-corrected chi connectivity index (χ3v) is 2.78. The molecule has 0 unspecified atom stereocenters. The Morgan fingerprint density at radius 1 is 1.18 bits per heavy atom. The normalized spacial score (nSPS) is 10.8.